The van der Waals surface area contributed by atoms with Crippen LogP contribution >= 0.6 is 11.8 Å². The number of carbonyl (C=O) groups excluding carboxylic acids is 1. The fraction of sp³-hybridized carbons (Fsp3) is 0.235. The topological polar surface area (TPSA) is 77.8 Å². The summed E-state index contributed by atoms with van der Waals surface area (Å²) in [6, 6.07) is 13.1. The second-order valence-corrected chi connectivity index (χ2v) is 6.52. The van der Waals surface area contributed by atoms with Crippen molar-refractivity contribution in [3.8, 4) is 6.07 Å². The molecule has 1 unspecified atom stereocenters. The lowest BCUT2D eigenvalue weighted by Crippen LogP contribution is -2.21. The van der Waals surface area contributed by atoms with E-state index < -0.39 is 0 Å². The third-order valence-corrected chi connectivity index (χ3v) is 4.26. The van der Waals surface area contributed by atoms with E-state index in [9.17, 15) is 4.79 Å². The Bertz CT molecular complexity index is 727. The number of rotatable bonds is 5. The van der Waals surface area contributed by atoms with E-state index in [4.69, 9.17) is 5.26 Å². The maximum Gasteiger partial charge on any atom is 0.324 e. The molecule has 1 aromatic carbocycles. The largest absolute Gasteiger partial charge is 0.324 e. The second kappa shape index (κ2) is 8.20. The average molecular weight is 326 g/mol. The number of nitriles is 1. The van der Waals surface area contributed by atoms with E-state index in [1.807, 2.05) is 50.2 Å². The molecule has 2 aromatic rings. The van der Waals surface area contributed by atoms with Crippen LogP contribution in [0.1, 0.15) is 18.9 Å². The minimum atomic E-state index is -0.340. The van der Waals surface area contributed by atoms with Crippen molar-refractivity contribution in [2.24, 2.45) is 0 Å². The SMILES string of the molecule is Cc1cccnc1NC(=O)Nc1ccccc1SC(C)CC#N. The zero-order chi connectivity index (χ0) is 16.7. The predicted molar refractivity (Wildman–Crippen MR) is 93.6 cm³/mol. The van der Waals surface area contributed by atoms with Crippen LogP contribution in [-0.4, -0.2) is 16.3 Å². The molecule has 1 atom stereocenters. The van der Waals surface area contributed by atoms with E-state index in [-0.39, 0.29) is 11.3 Å². The Balaban J connectivity index is 2.06. The van der Waals surface area contributed by atoms with Gasteiger partial charge >= 0.3 is 6.03 Å². The quantitative estimate of drug-likeness (QED) is 0.797. The summed E-state index contributed by atoms with van der Waals surface area (Å²) in [4.78, 5) is 17.2. The lowest BCUT2D eigenvalue weighted by molar-refractivity contribution is 0.262. The van der Waals surface area contributed by atoms with E-state index in [1.165, 1.54) is 0 Å². The molecule has 0 aliphatic rings. The van der Waals surface area contributed by atoms with Crippen molar-refractivity contribution in [1.29, 1.82) is 5.26 Å². The molecule has 118 valence electrons. The summed E-state index contributed by atoms with van der Waals surface area (Å²) in [6.07, 6.45) is 2.09. The smallest absolute Gasteiger partial charge is 0.307 e. The van der Waals surface area contributed by atoms with Crippen LogP contribution in [0.4, 0.5) is 16.3 Å². The van der Waals surface area contributed by atoms with Crippen molar-refractivity contribution in [2.75, 3.05) is 10.6 Å². The summed E-state index contributed by atoms with van der Waals surface area (Å²) in [5, 5.41) is 14.5. The number of pyridine rings is 1. The highest BCUT2D eigenvalue weighted by molar-refractivity contribution is 8.00. The van der Waals surface area contributed by atoms with Gasteiger partial charge < -0.3 is 5.32 Å². The summed E-state index contributed by atoms with van der Waals surface area (Å²) in [5.41, 5.74) is 1.61. The van der Waals surface area contributed by atoms with Crippen molar-refractivity contribution in [2.45, 2.75) is 30.4 Å². The summed E-state index contributed by atoms with van der Waals surface area (Å²) < 4.78 is 0. The fourth-order valence-corrected chi connectivity index (χ4v) is 2.93. The number of para-hydroxylation sites is 1. The number of aromatic nitrogens is 1. The number of carbonyl (C=O) groups is 1. The molecular weight excluding hydrogens is 308 g/mol. The average Bonchev–Trinajstić information content (AvgIpc) is 2.52. The van der Waals surface area contributed by atoms with Gasteiger partial charge in [0, 0.05) is 22.8 Å². The van der Waals surface area contributed by atoms with E-state index >= 15 is 0 Å². The highest BCUT2D eigenvalue weighted by atomic mass is 32.2. The van der Waals surface area contributed by atoms with Gasteiger partial charge in [0.05, 0.1) is 11.8 Å². The molecule has 2 amide bonds. The molecule has 0 aliphatic carbocycles. The Labute approximate surface area is 140 Å². The van der Waals surface area contributed by atoms with Crippen LogP contribution in [0.15, 0.2) is 47.5 Å². The van der Waals surface area contributed by atoms with Gasteiger partial charge in [-0.25, -0.2) is 9.78 Å². The summed E-state index contributed by atoms with van der Waals surface area (Å²) in [7, 11) is 0. The molecule has 0 spiro atoms. The Kier molecular flexibility index (Phi) is 6.01. The Hall–Kier alpha value is -2.52. The number of urea groups is 1. The number of hydrogen-bond donors (Lipinski definition) is 2. The van der Waals surface area contributed by atoms with E-state index in [1.54, 1.807) is 18.0 Å². The van der Waals surface area contributed by atoms with Crippen LogP contribution in [0.5, 0.6) is 0 Å². The van der Waals surface area contributed by atoms with E-state index in [0.717, 1.165) is 10.5 Å². The number of anilines is 2. The highest BCUT2D eigenvalue weighted by Crippen LogP contribution is 2.31. The van der Waals surface area contributed by atoms with Crippen molar-refractivity contribution < 1.29 is 4.79 Å². The van der Waals surface area contributed by atoms with Gasteiger partial charge in [0.1, 0.15) is 5.82 Å². The summed E-state index contributed by atoms with van der Waals surface area (Å²) >= 11 is 1.57. The lowest BCUT2D eigenvalue weighted by atomic mass is 10.3. The van der Waals surface area contributed by atoms with Crippen LogP contribution in [0.25, 0.3) is 0 Å². The van der Waals surface area contributed by atoms with Crippen molar-refractivity contribution in [1.82, 2.24) is 4.98 Å². The van der Waals surface area contributed by atoms with Gasteiger partial charge in [0.25, 0.3) is 0 Å². The maximum absolute atomic E-state index is 12.2. The molecule has 6 heteroatoms. The molecule has 0 radical (unpaired) electrons. The normalized spacial score (nSPS) is 11.3. The number of benzene rings is 1. The first kappa shape index (κ1) is 16.8. The lowest BCUT2D eigenvalue weighted by Gasteiger charge is -2.14. The number of thioether (sulfide) groups is 1. The van der Waals surface area contributed by atoms with E-state index in [0.29, 0.717) is 17.9 Å². The summed E-state index contributed by atoms with van der Waals surface area (Å²) in [5.74, 6) is 0.535. The van der Waals surface area contributed by atoms with Gasteiger partial charge in [0.2, 0.25) is 0 Å². The van der Waals surface area contributed by atoms with Gasteiger partial charge in [-0.05, 0) is 30.7 Å². The van der Waals surface area contributed by atoms with Gasteiger partial charge in [-0.2, -0.15) is 5.26 Å². The molecular formula is C17H18N4OS. The minimum Gasteiger partial charge on any atom is -0.307 e. The Morgan fingerprint density at radius 1 is 1.30 bits per heavy atom. The molecule has 0 saturated carbocycles. The first-order chi connectivity index (χ1) is 11.1. The maximum atomic E-state index is 12.2. The molecule has 23 heavy (non-hydrogen) atoms. The third-order valence-electron chi connectivity index (χ3n) is 3.08. The van der Waals surface area contributed by atoms with Gasteiger partial charge in [0.15, 0.2) is 0 Å². The van der Waals surface area contributed by atoms with E-state index in [2.05, 4.69) is 21.7 Å². The van der Waals surface area contributed by atoms with Gasteiger partial charge in [-0.3, -0.25) is 5.32 Å². The van der Waals surface area contributed by atoms with Crippen molar-refractivity contribution >= 4 is 29.3 Å². The second-order valence-electron chi connectivity index (χ2n) is 5.03. The third kappa shape index (κ3) is 5.01. The molecule has 0 bridgehead atoms. The van der Waals surface area contributed by atoms with Gasteiger partial charge in [-0.1, -0.05) is 25.1 Å². The Morgan fingerprint density at radius 2 is 2.09 bits per heavy atom. The molecule has 0 saturated heterocycles. The zero-order valence-electron chi connectivity index (χ0n) is 13.0. The standard InChI is InChI=1S/C17H18N4OS/c1-12-6-5-11-19-16(12)21-17(22)20-14-7-3-4-8-15(14)23-13(2)9-10-18/h3-8,11,13H,9H2,1-2H3,(H2,19,20,21,22). The molecule has 2 N–H and O–H groups in total. The highest BCUT2D eigenvalue weighted by Gasteiger charge is 2.11. The molecule has 1 aromatic heterocycles. The minimum absolute atomic E-state index is 0.157. The van der Waals surface area contributed by atoms with Crippen LogP contribution < -0.4 is 10.6 Å². The first-order valence-electron chi connectivity index (χ1n) is 7.22. The molecule has 0 aliphatic heterocycles. The van der Waals surface area contributed by atoms with Crippen LogP contribution in [0, 0.1) is 18.3 Å². The first-order valence-corrected chi connectivity index (χ1v) is 8.10. The molecule has 0 fully saturated rings. The number of hydrogen-bond acceptors (Lipinski definition) is 4. The number of amides is 2. The summed E-state index contributed by atoms with van der Waals surface area (Å²) in [6.45, 7) is 3.87. The predicted octanol–water partition coefficient (Wildman–Crippen LogP) is 4.43. The van der Waals surface area contributed by atoms with Crippen molar-refractivity contribution in [3.05, 3.63) is 48.2 Å². The fourth-order valence-electron chi connectivity index (χ4n) is 1.94. The van der Waals surface area contributed by atoms with Crippen LogP contribution in [-0.2, 0) is 0 Å². The Morgan fingerprint density at radius 3 is 2.83 bits per heavy atom. The van der Waals surface area contributed by atoms with Crippen LogP contribution in [0.3, 0.4) is 0 Å². The number of nitrogens with one attached hydrogen (secondary N) is 2. The van der Waals surface area contributed by atoms with Gasteiger partial charge in [-0.15, -0.1) is 11.8 Å². The monoisotopic (exact) mass is 326 g/mol. The van der Waals surface area contributed by atoms with Crippen LogP contribution in [0.2, 0.25) is 0 Å². The van der Waals surface area contributed by atoms with Crippen molar-refractivity contribution in [3.63, 3.8) is 0 Å². The zero-order valence-corrected chi connectivity index (χ0v) is 13.9. The molecule has 2 rings (SSSR count). The number of aryl methyl sites for hydroxylation is 1. The molecule has 5 nitrogen and oxygen atoms in total. The number of nitrogens with zero attached hydrogens (tertiary/aromatic N) is 2. The molecule has 1 heterocycles.